The van der Waals surface area contributed by atoms with Crippen LogP contribution in [0.5, 0.6) is 0 Å². The molecule has 0 aromatic carbocycles. The molecular weight excluding hydrogens is 386 g/mol. The predicted octanol–water partition coefficient (Wildman–Crippen LogP) is -5.15. The highest BCUT2D eigenvalue weighted by molar-refractivity contribution is 7.46. The van der Waals surface area contributed by atoms with Crippen molar-refractivity contribution in [2.24, 2.45) is 0 Å². The van der Waals surface area contributed by atoms with E-state index in [-0.39, 0.29) is 0 Å². The molecule has 0 bridgehead atoms. The molecule has 0 radical (unpaired) electrons. The standard InChI is InChI=1S/C7H16O15P2/c8-1(2(9)4(11)6(13)21-23(15,16)17)3(10)5(12)7(14)22-24(18,19)20/h2-7,9-14H,(H2,15,16,17)(H2,18,19,20). The minimum atomic E-state index is -5.32. The normalized spacial score (nSPS) is 20.8. The number of Topliss-reactive ketones (excluding diaryl/α,β-unsaturated/α-hetero) is 1. The summed E-state index contributed by atoms with van der Waals surface area (Å²) in [4.78, 5) is 45.0. The molecule has 0 aromatic rings. The second-order valence-corrected chi connectivity index (χ2v) is 6.63. The first-order valence-corrected chi connectivity index (χ1v) is 8.73. The van der Waals surface area contributed by atoms with Gasteiger partial charge in [-0.1, -0.05) is 0 Å². The summed E-state index contributed by atoms with van der Waals surface area (Å²) in [6.07, 6.45) is -16.5. The van der Waals surface area contributed by atoms with Crippen LogP contribution in [0.15, 0.2) is 0 Å². The Kier molecular flexibility index (Phi) is 8.71. The maximum absolute atomic E-state index is 11.5. The molecule has 24 heavy (non-hydrogen) atoms. The Labute approximate surface area is 132 Å². The zero-order chi connectivity index (χ0) is 19.5. The monoisotopic (exact) mass is 402 g/mol. The van der Waals surface area contributed by atoms with Gasteiger partial charge < -0.3 is 50.2 Å². The fourth-order valence-electron chi connectivity index (χ4n) is 1.23. The number of phosphoric acid groups is 2. The zero-order valence-electron chi connectivity index (χ0n) is 11.4. The minimum absolute atomic E-state index is 1.91. The molecule has 0 rings (SSSR count). The van der Waals surface area contributed by atoms with Gasteiger partial charge in [-0.3, -0.25) is 13.8 Å². The first-order valence-electron chi connectivity index (χ1n) is 5.67. The van der Waals surface area contributed by atoms with Gasteiger partial charge in [0, 0.05) is 0 Å². The molecule has 0 aliphatic carbocycles. The van der Waals surface area contributed by atoms with Gasteiger partial charge in [-0.2, -0.15) is 0 Å². The van der Waals surface area contributed by atoms with E-state index in [9.17, 15) is 34.4 Å². The Balaban J connectivity index is 4.92. The van der Waals surface area contributed by atoms with Crippen molar-refractivity contribution >= 4 is 21.4 Å². The smallest absolute Gasteiger partial charge is 0.385 e. The Hall–Kier alpha value is -0.350. The lowest BCUT2D eigenvalue weighted by Gasteiger charge is -2.26. The molecule has 0 aliphatic rings. The van der Waals surface area contributed by atoms with Gasteiger partial charge in [0.1, 0.15) is 24.4 Å². The van der Waals surface area contributed by atoms with E-state index >= 15 is 0 Å². The molecule has 6 unspecified atom stereocenters. The van der Waals surface area contributed by atoms with Gasteiger partial charge in [-0.15, -0.1) is 0 Å². The largest absolute Gasteiger partial charge is 0.472 e. The van der Waals surface area contributed by atoms with E-state index < -0.39 is 58.4 Å². The molecule has 0 saturated carbocycles. The number of phosphoric ester groups is 2. The van der Waals surface area contributed by atoms with Crippen LogP contribution in [-0.4, -0.2) is 93.0 Å². The fraction of sp³-hybridized carbons (Fsp3) is 0.857. The van der Waals surface area contributed by atoms with E-state index in [1.165, 1.54) is 0 Å². The summed E-state index contributed by atoms with van der Waals surface area (Å²) >= 11 is 0. The number of rotatable bonds is 10. The first kappa shape index (κ1) is 23.6. The lowest BCUT2D eigenvalue weighted by Crippen LogP contribution is -2.52. The summed E-state index contributed by atoms with van der Waals surface area (Å²) in [6.45, 7) is 0. The molecule has 0 aliphatic heterocycles. The third-order valence-corrected chi connectivity index (χ3v) is 3.29. The molecule has 0 saturated heterocycles. The number of aliphatic hydroxyl groups excluding tert-OH is 6. The lowest BCUT2D eigenvalue weighted by atomic mass is 10.0. The van der Waals surface area contributed by atoms with Crippen molar-refractivity contribution in [3.05, 3.63) is 0 Å². The highest BCUT2D eigenvalue weighted by Gasteiger charge is 2.42. The summed E-state index contributed by atoms with van der Waals surface area (Å²) < 4.78 is 28.0. The number of ketones is 1. The first-order chi connectivity index (χ1) is 10.6. The topological polar surface area (TPSA) is 272 Å². The third-order valence-electron chi connectivity index (χ3n) is 2.30. The molecule has 0 spiro atoms. The van der Waals surface area contributed by atoms with Crippen LogP contribution in [-0.2, 0) is 23.0 Å². The van der Waals surface area contributed by atoms with Crippen LogP contribution < -0.4 is 0 Å². The average molecular weight is 402 g/mol. The Bertz CT molecular complexity index is 466. The highest BCUT2D eigenvalue weighted by Crippen LogP contribution is 2.38. The Morgan fingerprint density at radius 3 is 1.12 bits per heavy atom. The quantitative estimate of drug-likeness (QED) is 0.121. The van der Waals surface area contributed by atoms with Crippen LogP contribution in [0, 0.1) is 0 Å². The minimum Gasteiger partial charge on any atom is -0.385 e. The molecule has 10 N–H and O–H groups in total. The Morgan fingerprint density at radius 1 is 0.667 bits per heavy atom. The zero-order valence-corrected chi connectivity index (χ0v) is 13.2. The molecule has 144 valence electrons. The SMILES string of the molecule is O=C(C(O)C(O)C(O)OP(=O)(O)O)C(O)C(O)C(O)OP(=O)(O)O. The summed E-state index contributed by atoms with van der Waals surface area (Å²) in [5.41, 5.74) is 0. The molecular formula is C7H16O15P2. The van der Waals surface area contributed by atoms with E-state index in [2.05, 4.69) is 9.05 Å². The van der Waals surface area contributed by atoms with Crippen molar-refractivity contribution in [1.29, 1.82) is 0 Å². The van der Waals surface area contributed by atoms with E-state index in [1.807, 2.05) is 0 Å². The van der Waals surface area contributed by atoms with Crippen LogP contribution >= 0.6 is 15.6 Å². The van der Waals surface area contributed by atoms with Gasteiger partial charge >= 0.3 is 15.6 Å². The lowest BCUT2D eigenvalue weighted by molar-refractivity contribution is -0.184. The van der Waals surface area contributed by atoms with Crippen LogP contribution in [0.25, 0.3) is 0 Å². The molecule has 0 amide bonds. The van der Waals surface area contributed by atoms with Gasteiger partial charge in [0.15, 0.2) is 18.4 Å². The van der Waals surface area contributed by atoms with E-state index in [0.29, 0.717) is 0 Å². The van der Waals surface area contributed by atoms with Gasteiger partial charge in [0.2, 0.25) is 0 Å². The van der Waals surface area contributed by atoms with E-state index in [4.69, 9.17) is 29.8 Å². The molecule has 17 heteroatoms. The predicted molar refractivity (Wildman–Crippen MR) is 67.3 cm³/mol. The van der Waals surface area contributed by atoms with Crippen LogP contribution in [0.4, 0.5) is 0 Å². The number of aliphatic hydroxyl groups is 6. The number of hydrogen-bond donors (Lipinski definition) is 10. The van der Waals surface area contributed by atoms with Gasteiger partial charge in [0.25, 0.3) is 0 Å². The van der Waals surface area contributed by atoms with Crippen LogP contribution in [0.2, 0.25) is 0 Å². The molecule has 0 fully saturated rings. The number of carbonyl (C=O) groups is 1. The summed E-state index contributed by atoms with van der Waals surface area (Å²) in [7, 11) is -10.6. The second-order valence-electron chi connectivity index (χ2n) is 4.25. The molecule has 0 aromatic heterocycles. The van der Waals surface area contributed by atoms with Crippen molar-refractivity contribution in [2.75, 3.05) is 0 Å². The number of carbonyl (C=O) groups excluding carboxylic acids is 1. The van der Waals surface area contributed by atoms with Gasteiger partial charge in [0.05, 0.1) is 0 Å². The van der Waals surface area contributed by atoms with Crippen molar-refractivity contribution < 1.29 is 73.2 Å². The third kappa shape index (κ3) is 8.15. The van der Waals surface area contributed by atoms with Gasteiger partial charge in [-0.05, 0) is 0 Å². The second kappa shape index (κ2) is 8.84. The van der Waals surface area contributed by atoms with Crippen LogP contribution in [0.3, 0.4) is 0 Å². The van der Waals surface area contributed by atoms with Crippen molar-refractivity contribution in [3.8, 4) is 0 Å². The molecule has 15 nitrogen and oxygen atoms in total. The summed E-state index contributed by atoms with van der Waals surface area (Å²) in [5.74, 6) is -1.91. The maximum Gasteiger partial charge on any atom is 0.472 e. The average Bonchev–Trinajstić information content (AvgIpc) is 2.39. The Morgan fingerprint density at radius 2 is 0.917 bits per heavy atom. The van der Waals surface area contributed by atoms with Gasteiger partial charge in [-0.25, -0.2) is 9.13 Å². The molecule has 0 heterocycles. The fourth-order valence-corrected chi connectivity index (χ4v) is 2.04. The van der Waals surface area contributed by atoms with Crippen molar-refractivity contribution in [2.45, 2.75) is 37.0 Å². The molecule has 6 atom stereocenters. The van der Waals surface area contributed by atoms with E-state index in [1.54, 1.807) is 0 Å². The highest BCUT2D eigenvalue weighted by atomic mass is 31.2. The van der Waals surface area contributed by atoms with Crippen molar-refractivity contribution in [3.63, 3.8) is 0 Å². The number of hydrogen-bond acceptors (Lipinski definition) is 11. The maximum atomic E-state index is 11.5. The summed E-state index contributed by atoms with van der Waals surface area (Å²) in [6, 6.07) is 0. The summed E-state index contributed by atoms with van der Waals surface area (Å²) in [5, 5.41) is 55.4. The van der Waals surface area contributed by atoms with Crippen LogP contribution in [0.1, 0.15) is 0 Å². The van der Waals surface area contributed by atoms with E-state index in [0.717, 1.165) is 0 Å². The van der Waals surface area contributed by atoms with Crippen molar-refractivity contribution in [1.82, 2.24) is 0 Å².